The van der Waals surface area contributed by atoms with Gasteiger partial charge in [-0.05, 0) is 50.2 Å². The number of rotatable bonds is 6. The van der Waals surface area contributed by atoms with Crippen molar-refractivity contribution < 1.29 is 9.34 Å². The number of aromatic nitrogens is 1. The summed E-state index contributed by atoms with van der Waals surface area (Å²) in [7, 11) is 0. The fraction of sp³-hybridized carbons (Fsp3) is 0.350. The summed E-state index contributed by atoms with van der Waals surface area (Å²) in [6.45, 7) is 3.80. The van der Waals surface area contributed by atoms with Crippen LogP contribution in [0.5, 0.6) is 0 Å². The zero-order valence-electron chi connectivity index (χ0n) is 15.1. The number of fused-ring (bicyclic) bond motifs is 1. The number of para-hydroxylation sites is 2. The lowest BCUT2D eigenvalue weighted by molar-refractivity contribution is -0.383. The molecule has 1 aliphatic rings. The highest BCUT2D eigenvalue weighted by Crippen LogP contribution is 2.31. The molecule has 1 fully saturated rings. The number of anilines is 1. The van der Waals surface area contributed by atoms with Crippen LogP contribution in [0.1, 0.15) is 19.3 Å². The molecule has 1 saturated heterocycles. The molecule has 4 rings (SSSR count). The Kier molecular flexibility index (Phi) is 5.02. The van der Waals surface area contributed by atoms with Crippen molar-refractivity contribution in [3.05, 3.63) is 52.6 Å². The second-order valence-electron chi connectivity index (χ2n) is 6.80. The molecule has 2 aromatic carbocycles. The van der Waals surface area contributed by atoms with Crippen molar-refractivity contribution in [1.82, 2.24) is 9.88 Å². The highest BCUT2D eigenvalue weighted by atomic mass is 16.6. The first kappa shape index (κ1) is 17.5. The highest BCUT2D eigenvalue weighted by Gasteiger charge is 2.18. The van der Waals surface area contributed by atoms with Crippen molar-refractivity contribution in [1.29, 1.82) is 0 Å². The van der Waals surface area contributed by atoms with Crippen LogP contribution in [0.3, 0.4) is 0 Å². The second-order valence-corrected chi connectivity index (χ2v) is 6.80. The van der Waals surface area contributed by atoms with Crippen LogP contribution in [-0.4, -0.2) is 41.0 Å². The van der Waals surface area contributed by atoms with E-state index in [1.165, 1.54) is 25.3 Å². The average Bonchev–Trinajstić information content (AvgIpc) is 3.13. The van der Waals surface area contributed by atoms with E-state index in [0.29, 0.717) is 29.3 Å². The Morgan fingerprint density at radius 1 is 1.15 bits per heavy atom. The van der Waals surface area contributed by atoms with Gasteiger partial charge in [0.1, 0.15) is 11.2 Å². The maximum Gasteiger partial charge on any atom is 0.293 e. The van der Waals surface area contributed by atoms with Crippen molar-refractivity contribution in [2.75, 3.05) is 31.5 Å². The Hall–Kier alpha value is -2.93. The lowest BCUT2D eigenvalue weighted by atomic mass is 10.1. The molecule has 0 aliphatic carbocycles. The van der Waals surface area contributed by atoms with E-state index >= 15 is 0 Å². The highest BCUT2D eigenvalue weighted by molar-refractivity contribution is 5.77. The zero-order chi connectivity index (χ0) is 18.6. The molecule has 0 spiro atoms. The summed E-state index contributed by atoms with van der Waals surface area (Å²) < 4.78 is 5.73. The molecular weight excluding hydrogens is 344 g/mol. The summed E-state index contributed by atoms with van der Waals surface area (Å²) in [5.41, 5.74) is 2.56. The molecule has 140 valence electrons. The van der Waals surface area contributed by atoms with E-state index in [0.717, 1.165) is 25.2 Å². The fourth-order valence-corrected chi connectivity index (χ4v) is 3.49. The Balaban J connectivity index is 1.51. The molecule has 3 aromatic rings. The smallest absolute Gasteiger partial charge is 0.293 e. The van der Waals surface area contributed by atoms with Gasteiger partial charge in [-0.25, -0.2) is 4.98 Å². The van der Waals surface area contributed by atoms with Gasteiger partial charge in [-0.15, -0.1) is 0 Å². The third kappa shape index (κ3) is 3.93. The average molecular weight is 366 g/mol. The van der Waals surface area contributed by atoms with E-state index in [1.54, 1.807) is 12.1 Å². The van der Waals surface area contributed by atoms with E-state index in [9.17, 15) is 10.1 Å². The van der Waals surface area contributed by atoms with Gasteiger partial charge >= 0.3 is 0 Å². The summed E-state index contributed by atoms with van der Waals surface area (Å²) in [6, 6.07) is 12.5. The van der Waals surface area contributed by atoms with Gasteiger partial charge in [0.05, 0.1) is 4.92 Å². The van der Waals surface area contributed by atoms with E-state index in [2.05, 4.69) is 15.2 Å². The van der Waals surface area contributed by atoms with Gasteiger partial charge in [-0.3, -0.25) is 10.1 Å². The van der Waals surface area contributed by atoms with Gasteiger partial charge in [0, 0.05) is 24.7 Å². The minimum Gasteiger partial charge on any atom is -0.436 e. The van der Waals surface area contributed by atoms with Crippen molar-refractivity contribution in [2.45, 2.75) is 19.3 Å². The molecule has 0 saturated carbocycles. The predicted molar refractivity (Wildman–Crippen MR) is 105 cm³/mol. The van der Waals surface area contributed by atoms with Gasteiger partial charge in [-0.2, -0.15) is 0 Å². The molecule has 1 aromatic heterocycles. The Morgan fingerprint density at radius 2 is 1.96 bits per heavy atom. The van der Waals surface area contributed by atoms with Crippen molar-refractivity contribution in [3.63, 3.8) is 0 Å². The first-order valence-corrected chi connectivity index (χ1v) is 9.31. The Morgan fingerprint density at radius 3 is 2.74 bits per heavy atom. The van der Waals surface area contributed by atoms with Crippen LogP contribution in [0.15, 0.2) is 46.9 Å². The summed E-state index contributed by atoms with van der Waals surface area (Å²) in [5.74, 6) is 0.388. The van der Waals surface area contributed by atoms with Crippen LogP contribution in [0.2, 0.25) is 0 Å². The molecule has 2 heterocycles. The number of nitrogens with one attached hydrogen (secondary N) is 1. The number of hydrogen-bond donors (Lipinski definition) is 1. The molecule has 0 unspecified atom stereocenters. The maximum atomic E-state index is 11.5. The number of piperidine rings is 1. The second kappa shape index (κ2) is 7.75. The topological polar surface area (TPSA) is 84.4 Å². The normalized spacial score (nSPS) is 15.1. The number of nitrogens with zero attached hydrogens (tertiary/aromatic N) is 3. The number of likely N-dealkylation sites (tertiary alicyclic amines) is 1. The molecule has 7 heteroatoms. The molecule has 0 amide bonds. The quantitative estimate of drug-likeness (QED) is 0.517. The lowest BCUT2D eigenvalue weighted by Gasteiger charge is -2.26. The third-order valence-electron chi connectivity index (χ3n) is 4.93. The van der Waals surface area contributed by atoms with Crippen LogP contribution in [0, 0.1) is 10.1 Å². The number of benzene rings is 2. The molecule has 0 radical (unpaired) electrons. The van der Waals surface area contributed by atoms with E-state index < -0.39 is 0 Å². The molecule has 1 aliphatic heterocycles. The predicted octanol–water partition coefficient (Wildman–Crippen LogP) is 4.30. The van der Waals surface area contributed by atoms with Gasteiger partial charge in [0.15, 0.2) is 5.58 Å². The molecular formula is C20H22N4O3. The van der Waals surface area contributed by atoms with Crippen molar-refractivity contribution in [2.24, 2.45) is 0 Å². The SMILES string of the molecule is O=[N+]([O-])c1cc(-c2nc3ccccc3o2)ccc1NCCN1CCCCC1. The minimum atomic E-state index is -0.366. The van der Waals surface area contributed by atoms with Crippen molar-refractivity contribution in [3.8, 4) is 11.5 Å². The van der Waals surface area contributed by atoms with Crippen LogP contribution < -0.4 is 5.32 Å². The first-order chi connectivity index (χ1) is 13.2. The van der Waals surface area contributed by atoms with Crippen molar-refractivity contribution >= 4 is 22.5 Å². The van der Waals surface area contributed by atoms with Crippen LogP contribution in [-0.2, 0) is 0 Å². The number of hydrogen-bond acceptors (Lipinski definition) is 6. The van der Waals surface area contributed by atoms with E-state index in [4.69, 9.17) is 4.42 Å². The summed E-state index contributed by atoms with van der Waals surface area (Å²) in [5, 5.41) is 14.8. The largest absolute Gasteiger partial charge is 0.436 e. The Bertz CT molecular complexity index is 914. The van der Waals surface area contributed by atoms with Gasteiger partial charge in [0.2, 0.25) is 5.89 Å². The number of oxazole rings is 1. The lowest BCUT2D eigenvalue weighted by Crippen LogP contribution is -2.33. The summed E-state index contributed by atoms with van der Waals surface area (Å²) >= 11 is 0. The van der Waals surface area contributed by atoms with E-state index in [-0.39, 0.29) is 10.6 Å². The standard InChI is InChI=1S/C20H22N4O3/c25-24(26)18-14-15(20-22-17-6-2-3-7-19(17)27-20)8-9-16(18)21-10-13-23-11-4-1-5-12-23/h2-3,6-9,14,21H,1,4-5,10-13H2. The van der Waals surface area contributed by atoms with E-state index in [1.807, 2.05) is 24.3 Å². The van der Waals surface area contributed by atoms with Gasteiger partial charge in [-0.1, -0.05) is 18.6 Å². The molecule has 7 nitrogen and oxygen atoms in total. The third-order valence-corrected chi connectivity index (χ3v) is 4.93. The van der Waals surface area contributed by atoms with Gasteiger partial charge < -0.3 is 14.6 Å². The molecule has 27 heavy (non-hydrogen) atoms. The fourth-order valence-electron chi connectivity index (χ4n) is 3.49. The first-order valence-electron chi connectivity index (χ1n) is 9.31. The maximum absolute atomic E-state index is 11.5. The molecule has 0 bridgehead atoms. The minimum absolute atomic E-state index is 0.0356. The Labute approximate surface area is 157 Å². The number of nitro benzene ring substituents is 1. The zero-order valence-corrected chi connectivity index (χ0v) is 15.1. The molecule has 1 N–H and O–H groups in total. The van der Waals surface area contributed by atoms with Gasteiger partial charge in [0.25, 0.3) is 5.69 Å². The monoisotopic (exact) mass is 366 g/mol. The summed E-state index contributed by atoms with van der Waals surface area (Å²) in [6.07, 6.45) is 3.77. The number of nitro groups is 1. The molecule has 0 atom stereocenters. The van der Waals surface area contributed by atoms with Crippen LogP contribution in [0.25, 0.3) is 22.6 Å². The summed E-state index contributed by atoms with van der Waals surface area (Å²) in [4.78, 5) is 18.0. The van der Waals surface area contributed by atoms with Crippen LogP contribution >= 0.6 is 0 Å². The van der Waals surface area contributed by atoms with Crippen LogP contribution in [0.4, 0.5) is 11.4 Å².